The van der Waals surface area contributed by atoms with E-state index in [-0.39, 0.29) is 19.0 Å². The molecule has 1 atom stereocenters. The van der Waals surface area contributed by atoms with Gasteiger partial charge < -0.3 is 14.8 Å². The van der Waals surface area contributed by atoms with E-state index >= 15 is 0 Å². The Morgan fingerprint density at radius 1 is 1.25 bits per heavy atom. The van der Waals surface area contributed by atoms with Gasteiger partial charge in [0.2, 0.25) is 0 Å². The van der Waals surface area contributed by atoms with Gasteiger partial charge in [-0.3, -0.25) is 19.1 Å². The fraction of sp³-hybridized carbons (Fsp3) is 0.261. The topological polar surface area (TPSA) is 89.9 Å². The first-order valence-electron chi connectivity index (χ1n) is 10.6. The van der Waals surface area contributed by atoms with E-state index in [1.54, 1.807) is 37.3 Å². The van der Waals surface area contributed by atoms with E-state index in [0.29, 0.717) is 26.2 Å². The van der Waals surface area contributed by atoms with Crippen molar-refractivity contribution in [3.8, 4) is 11.4 Å². The SMILES string of the molecule is Cc1cc(N2C[C@H](CNC(=O)c3ccc(Cl)s3)OC2=O)ccc1-n1cccc(OCC(F)(F)F)c1=O. The Hall–Kier alpha value is -3.51. The van der Waals surface area contributed by atoms with Crippen LogP contribution in [0.4, 0.5) is 23.7 Å². The van der Waals surface area contributed by atoms with Crippen molar-refractivity contribution in [2.75, 3.05) is 24.6 Å². The maximum atomic E-state index is 12.7. The Kier molecular flexibility index (Phi) is 7.27. The number of pyridine rings is 1. The number of nitrogens with zero attached hydrogens (tertiary/aromatic N) is 2. The number of hydrogen-bond acceptors (Lipinski definition) is 6. The number of aryl methyl sites for hydroxylation is 1. The number of ether oxygens (including phenoxy) is 2. The summed E-state index contributed by atoms with van der Waals surface area (Å²) in [7, 11) is 0. The number of carbonyl (C=O) groups is 2. The molecule has 13 heteroatoms. The van der Waals surface area contributed by atoms with E-state index in [4.69, 9.17) is 16.3 Å². The highest BCUT2D eigenvalue weighted by molar-refractivity contribution is 7.18. The molecule has 0 aliphatic carbocycles. The predicted molar refractivity (Wildman–Crippen MR) is 128 cm³/mol. The fourth-order valence-electron chi connectivity index (χ4n) is 3.58. The van der Waals surface area contributed by atoms with Crippen molar-refractivity contribution < 1.29 is 32.2 Å². The van der Waals surface area contributed by atoms with Crippen LogP contribution >= 0.6 is 22.9 Å². The lowest BCUT2D eigenvalue weighted by molar-refractivity contribution is -0.153. The molecular formula is C23H19ClF3N3O5S. The summed E-state index contributed by atoms with van der Waals surface area (Å²) in [6.45, 7) is 0.404. The summed E-state index contributed by atoms with van der Waals surface area (Å²) < 4.78 is 49.1. The van der Waals surface area contributed by atoms with Gasteiger partial charge in [-0.25, -0.2) is 4.79 Å². The maximum absolute atomic E-state index is 12.7. The molecule has 4 rings (SSSR count). The average Bonchev–Trinajstić information content (AvgIpc) is 3.42. The summed E-state index contributed by atoms with van der Waals surface area (Å²) >= 11 is 6.98. The van der Waals surface area contributed by atoms with Gasteiger partial charge in [0.25, 0.3) is 11.5 Å². The van der Waals surface area contributed by atoms with Crippen LogP contribution in [0, 0.1) is 6.92 Å². The van der Waals surface area contributed by atoms with Gasteiger partial charge in [0.1, 0.15) is 6.10 Å². The van der Waals surface area contributed by atoms with Crippen molar-refractivity contribution in [3.05, 3.63) is 73.8 Å². The summed E-state index contributed by atoms with van der Waals surface area (Å²) in [5, 5.41) is 2.71. The van der Waals surface area contributed by atoms with Gasteiger partial charge in [0, 0.05) is 11.9 Å². The first kappa shape index (κ1) is 25.6. The molecule has 1 fully saturated rings. The van der Waals surface area contributed by atoms with Crippen LogP contribution in [0.15, 0.2) is 53.5 Å². The smallest absolute Gasteiger partial charge is 0.422 e. The molecule has 1 aliphatic heterocycles. The van der Waals surface area contributed by atoms with E-state index in [2.05, 4.69) is 10.1 Å². The minimum absolute atomic E-state index is 0.105. The van der Waals surface area contributed by atoms with Gasteiger partial charge >= 0.3 is 12.3 Å². The van der Waals surface area contributed by atoms with Gasteiger partial charge in [-0.2, -0.15) is 13.2 Å². The molecule has 1 aliphatic rings. The van der Waals surface area contributed by atoms with Gasteiger partial charge in [-0.05, 0) is 55.0 Å². The summed E-state index contributed by atoms with van der Waals surface area (Å²) in [5.74, 6) is -0.760. The Morgan fingerprint density at radius 2 is 2.03 bits per heavy atom. The second-order valence-electron chi connectivity index (χ2n) is 7.85. The van der Waals surface area contributed by atoms with Crippen LogP contribution in [-0.2, 0) is 4.74 Å². The second-order valence-corrected chi connectivity index (χ2v) is 9.57. The molecule has 0 bridgehead atoms. The summed E-state index contributed by atoms with van der Waals surface area (Å²) in [6.07, 6.45) is -4.34. The third-order valence-corrected chi connectivity index (χ3v) is 6.45. The van der Waals surface area contributed by atoms with E-state index in [9.17, 15) is 27.6 Å². The van der Waals surface area contributed by atoms with Crippen LogP contribution in [-0.4, -0.2) is 48.5 Å². The van der Waals surface area contributed by atoms with Gasteiger partial charge in [-0.1, -0.05) is 11.6 Å². The van der Waals surface area contributed by atoms with E-state index in [0.717, 1.165) is 11.3 Å². The van der Waals surface area contributed by atoms with Crippen LogP contribution in [0.3, 0.4) is 0 Å². The number of thiophene rings is 1. The zero-order chi connectivity index (χ0) is 26.0. The Labute approximate surface area is 211 Å². The highest BCUT2D eigenvalue weighted by atomic mass is 35.5. The van der Waals surface area contributed by atoms with Crippen LogP contribution < -0.4 is 20.5 Å². The largest absolute Gasteiger partial charge is 0.478 e. The van der Waals surface area contributed by atoms with E-state index in [1.165, 1.54) is 27.8 Å². The quantitative estimate of drug-likeness (QED) is 0.474. The molecule has 0 saturated carbocycles. The van der Waals surface area contributed by atoms with Crippen LogP contribution in [0.2, 0.25) is 4.34 Å². The molecule has 8 nitrogen and oxygen atoms in total. The molecule has 1 aromatic carbocycles. The first-order chi connectivity index (χ1) is 17.0. The molecule has 0 radical (unpaired) electrons. The molecule has 3 heterocycles. The van der Waals surface area contributed by atoms with Crippen molar-refractivity contribution >= 4 is 40.6 Å². The Bertz CT molecular complexity index is 1360. The third-order valence-electron chi connectivity index (χ3n) is 5.22. The highest BCUT2D eigenvalue weighted by Gasteiger charge is 2.33. The maximum Gasteiger partial charge on any atom is 0.422 e. The summed E-state index contributed by atoms with van der Waals surface area (Å²) in [4.78, 5) is 39.1. The first-order valence-corrected chi connectivity index (χ1v) is 11.8. The predicted octanol–water partition coefficient (Wildman–Crippen LogP) is 4.56. The summed E-state index contributed by atoms with van der Waals surface area (Å²) in [5.41, 5.74) is 0.743. The van der Waals surface area contributed by atoms with E-state index in [1.807, 2.05) is 0 Å². The lowest BCUT2D eigenvalue weighted by Crippen LogP contribution is -2.34. The number of hydrogen-bond donors (Lipinski definition) is 1. The molecular weight excluding hydrogens is 523 g/mol. The number of rotatable bonds is 7. The van der Waals surface area contributed by atoms with Crippen molar-refractivity contribution in [2.24, 2.45) is 0 Å². The fourth-order valence-corrected chi connectivity index (χ4v) is 4.54. The lowest BCUT2D eigenvalue weighted by atomic mass is 10.1. The normalized spacial score (nSPS) is 15.6. The number of nitrogens with one attached hydrogen (secondary N) is 1. The van der Waals surface area contributed by atoms with Crippen molar-refractivity contribution in [3.63, 3.8) is 0 Å². The van der Waals surface area contributed by atoms with Crippen molar-refractivity contribution in [1.29, 1.82) is 0 Å². The molecule has 0 spiro atoms. The van der Waals surface area contributed by atoms with Crippen LogP contribution in [0.25, 0.3) is 5.69 Å². The molecule has 1 saturated heterocycles. The van der Waals surface area contributed by atoms with Gasteiger partial charge in [0.05, 0.1) is 28.0 Å². The van der Waals surface area contributed by atoms with Crippen molar-refractivity contribution in [1.82, 2.24) is 9.88 Å². The molecule has 1 N–H and O–H groups in total. The number of carbonyl (C=O) groups excluding carboxylic acids is 2. The molecule has 36 heavy (non-hydrogen) atoms. The molecule has 2 amide bonds. The Balaban J connectivity index is 1.45. The van der Waals surface area contributed by atoms with E-state index < -0.39 is 36.3 Å². The van der Waals surface area contributed by atoms with Gasteiger partial charge in [-0.15, -0.1) is 11.3 Å². The van der Waals surface area contributed by atoms with Crippen molar-refractivity contribution in [2.45, 2.75) is 19.2 Å². The standard InChI is InChI=1S/C23H19ClF3N3O5S/c1-13-9-14(4-5-16(13)29-8-2-3-17(21(29)32)34-12-23(25,26)27)30-11-15(35-22(30)33)10-28-20(31)18-6-7-19(24)36-18/h2-9,15H,10-12H2,1H3,(H,28,31)/t15-/m0/s1. The number of cyclic esters (lactones) is 1. The third kappa shape index (κ3) is 5.82. The highest BCUT2D eigenvalue weighted by Crippen LogP contribution is 2.26. The Morgan fingerprint density at radius 3 is 2.69 bits per heavy atom. The van der Waals surface area contributed by atoms with Crippen LogP contribution in [0.1, 0.15) is 15.2 Å². The van der Waals surface area contributed by atoms with Crippen LogP contribution in [0.5, 0.6) is 5.75 Å². The molecule has 0 unspecified atom stereocenters. The number of aromatic nitrogens is 1. The molecule has 3 aromatic rings. The summed E-state index contributed by atoms with van der Waals surface area (Å²) in [6, 6.07) is 10.6. The lowest BCUT2D eigenvalue weighted by Gasteiger charge is -2.17. The molecule has 2 aromatic heterocycles. The molecule has 190 valence electrons. The number of benzene rings is 1. The number of alkyl halides is 3. The zero-order valence-electron chi connectivity index (χ0n) is 18.7. The number of amides is 2. The monoisotopic (exact) mass is 541 g/mol. The van der Waals surface area contributed by atoms with Gasteiger partial charge in [0.15, 0.2) is 12.4 Å². The second kappa shape index (κ2) is 10.2. The average molecular weight is 542 g/mol. The number of anilines is 1. The minimum Gasteiger partial charge on any atom is -0.478 e. The zero-order valence-corrected chi connectivity index (χ0v) is 20.2. The number of halogens is 4. The minimum atomic E-state index is -4.58.